The quantitative estimate of drug-likeness (QED) is 0.689. The SMILES string of the molecule is N[C@H](CC(F)F)c1c2ccccc2cc2ccccc12. The second kappa shape index (κ2) is 5.17. The van der Waals surface area contributed by atoms with E-state index in [4.69, 9.17) is 5.73 Å². The Morgan fingerprint density at radius 2 is 1.35 bits per heavy atom. The van der Waals surface area contributed by atoms with Crippen molar-refractivity contribution in [3.8, 4) is 0 Å². The van der Waals surface area contributed by atoms with Crippen molar-refractivity contribution in [1.29, 1.82) is 0 Å². The van der Waals surface area contributed by atoms with Crippen LogP contribution >= 0.6 is 0 Å². The third-order valence-electron chi connectivity index (χ3n) is 3.62. The zero-order valence-electron chi connectivity index (χ0n) is 10.9. The Morgan fingerprint density at radius 1 is 0.850 bits per heavy atom. The van der Waals surface area contributed by atoms with E-state index >= 15 is 0 Å². The molecule has 0 aliphatic rings. The van der Waals surface area contributed by atoms with Crippen molar-refractivity contribution in [2.45, 2.75) is 18.9 Å². The molecule has 0 aliphatic heterocycles. The summed E-state index contributed by atoms with van der Waals surface area (Å²) in [4.78, 5) is 0. The maximum absolute atomic E-state index is 12.7. The lowest BCUT2D eigenvalue weighted by Gasteiger charge is -2.17. The van der Waals surface area contributed by atoms with Gasteiger partial charge in [-0.2, -0.15) is 0 Å². The summed E-state index contributed by atoms with van der Waals surface area (Å²) in [6.07, 6.45) is -2.72. The molecular formula is C17H15F2N. The number of halogens is 2. The fourth-order valence-corrected chi connectivity index (χ4v) is 2.76. The van der Waals surface area contributed by atoms with Gasteiger partial charge in [0, 0.05) is 12.5 Å². The number of hydrogen-bond donors (Lipinski definition) is 1. The molecular weight excluding hydrogens is 256 g/mol. The third kappa shape index (κ3) is 2.25. The fraction of sp³-hybridized carbons (Fsp3) is 0.176. The number of fused-ring (bicyclic) bond motifs is 2. The summed E-state index contributed by atoms with van der Waals surface area (Å²) in [5.41, 5.74) is 6.87. The van der Waals surface area contributed by atoms with Crippen LogP contribution in [0.2, 0.25) is 0 Å². The molecule has 0 aromatic heterocycles. The molecule has 1 nitrogen and oxygen atoms in total. The monoisotopic (exact) mass is 271 g/mol. The van der Waals surface area contributed by atoms with Gasteiger partial charge in [0.1, 0.15) is 0 Å². The summed E-state index contributed by atoms with van der Waals surface area (Å²) in [6, 6.07) is 17.0. The van der Waals surface area contributed by atoms with Crippen LogP contribution in [0.5, 0.6) is 0 Å². The van der Waals surface area contributed by atoms with E-state index < -0.39 is 12.5 Å². The van der Waals surface area contributed by atoms with E-state index in [0.717, 1.165) is 27.1 Å². The normalized spacial score (nSPS) is 13.2. The summed E-state index contributed by atoms with van der Waals surface area (Å²) in [7, 11) is 0. The van der Waals surface area contributed by atoms with E-state index in [0.29, 0.717) is 0 Å². The number of alkyl halides is 2. The van der Waals surface area contributed by atoms with Crippen LogP contribution in [-0.4, -0.2) is 6.43 Å². The van der Waals surface area contributed by atoms with Crippen molar-refractivity contribution < 1.29 is 8.78 Å². The minimum atomic E-state index is -2.40. The van der Waals surface area contributed by atoms with Gasteiger partial charge in [0.05, 0.1) is 0 Å². The smallest absolute Gasteiger partial charge is 0.240 e. The molecule has 3 rings (SSSR count). The summed E-state index contributed by atoms with van der Waals surface area (Å²) < 4.78 is 25.4. The lowest BCUT2D eigenvalue weighted by molar-refractivity contribution is 0.129. The molecule has 0 heterocycles. The van der Waals surface area contributed by atoms with Crippen LogP contribution in [0.4, 0.5) is 8.78 Å². The van der Waals surface area contributed by atoms with E-state index in [1.165, 1.54) is 0 Å². The maximum Gasteiger partial charge on any atom is 0.240 e. The first kappa shape index (κ1) is 13.0. The number of nitrogens with two attached hydrogens (primary N) is 1. The predicted molar refractivity (Wildman–Crippen MR) is 79.0 cm³/mol. The Hall–Kier alpha value is -2.00. The second-order valence-electron chi connectivity index (χ2n) is 4.97. The first-order valence-corrected chi connectivity index (χ1v) is 6.61. The Bertz CT molecular complexity index is 698. The molecule has 20 heavy (non-hydrogen) atoms. The largest absolute Gasteiger partial charge is 0.324 e. The van der Waals surface area contributed by atoms with E-state index in [-0.39, 0.29) is 6.42 Å². The predicted octanol–water partition coefficient (Wildman–Crippen LogP) is 4.65. The lowest BCUT2D eigenvalue weighted by Crippen LogP contribution is -2.15. The van der Waals surface area contributed by atoms with Crippen molar-refractivity contribution in [1.82, 2.24) is 0 Å². The van der Waals surface area contributed by atoms with Gasteiger partial charge in [-0.3, -0.25) is 0 Å². The minimum Gasteiger partial charge on any atom is -0.324 e. The number of benzene rings is 3. The molecule has 1 atom stereocenters. The van der Waals surface area contributed by atoms with E-state index in [1.54, 1.807) is 0 Å². The summed E-state index contributed by atoms with van der Waals surface area (Å²) in [5, 5.41) is 3.98. The van der Waals surface area contributed by atoms with Crippen molar-refractivity contribution in [2.75, 3.05) is 0 Å². The minimum absolute atomic E-state index is 0.321. The molecule has 0 amide bonds. The van der Waals surface area contributed by atoms with Gasteiger partial charge in [0.15, 0.2) is 0 Å². The Labute approximate surface area is 116 Å². The molecule has 0 aliphatic carbocycles. The van der Waals surface area contributed by atoms with Gasteiger partial charge in [-0.25, -0.2) is 8.78 Å². The van der Waals surface area contributed by atoms with Crippen LogP contribution in [0.1, 0.15) is 18.0 Å². The molecule has 3 heteroatoms. The zero-order chi connectivity index (χ0) is 14.1. The highest BCUT2D eigenvalue weighted by Crippen LogP contribution is 2.33. The van der Waals surface area contributed by atoms with Gasteiger partial charge in [0.2, 0.25) is 6.43 Å². The first-order valence-electron chi connectivity index (χ1n) is 6.61. The standard InChI is InChI=1S/C17H15F2N/c18-16(19)10-15(20)17-13-7-3-1-5-11(13)9-12-6-2-4-8-14(12)17/h1-9,15-16H,10,20H2/t15-/m1/s1. The molecule has 0 unspecified atom stereocenters. The van der Waals surface area contributed by atoms with Crippen molar-refractivity contribution in [3.05, 3.63) is 60.2 Å². The van der Waals surface area contributed by atoms with Crippen LogP contribution in [0.15, 0.2) is 54.6 Å². The molecule has 2 N–H and O–H groups in total. The van der Waals surface area contributed by atoms with Crippen LogP contribution < -0.4 is 5.73 Å². The van der Waals surface area contributed by atoms with Crippen molar-refractivity contribution in [2.24, 2.45) is 5.73 Å². The average molecular weight is 271 g/mol. The third-order valence-corrected chi connectivity index (χ3v) is 3.62. The van der Waals surface area contributed by atoms with Gasteiger partial charge in [0.25, 0.3) is 0 Å². The van der Waals surface area contributed by atoms with Crippen molar-refractivity contribution >= 4 is 21.5 Å². The highest BCUT2D eigenvalue weighted by atomic mass is 19.3. The van der Waals surface area contributed by atoms with Gasteiger partial charge >= 0.3 is 0 Å². The van der Waals surface area contributed by atoms with E-state index in [2.05, 4.69) is 6.07 Å². The van der Waals surface area contributed by atoms with E-state index in [1.807, 2.05) is 48.5 Å². The molecule has 0 radical (unpaired) electrons. The molecule has 102 valence electrons. The molecule has 3 aromatic carbocycles. The van der Waals surface area contributed by atoms with Gasteiger partial charge < -0.3 is 5.73 Å². The molecule has 3 aromatic rings. The van der Waals surface area contributed by atoms with Gasteiger partial charge in [-0.1, -0.05) is 48.5 Å². The fourth-order valence-electron chi connectivity index (χ4n) is 2.76. The molecule has 0 fully saturated rings. The highest BCUT2D eigenvalue weighted by molar-refractivity contribution is 6.02. The first-order chi connectivity index (χ1) is 9.66. The number of rotatable bonds is 3. The summed E-state index contributed by atoms with van der Waals surface area (Å²) >= 11 is 0. The summed E-state index contributed by atoms with van der Waals surface area (Å²) in [6.45, 7) is 0. The average Bonchev–Trinajstić information content (AvgIpc) is 2.43. The molecule has 0 saturated heterocycles. The Morgan fingerprint density at radius 3 is 1.85 bits per heavy atom. The molecule has 0 bridgehead atoms. The van der Waals surface area contributed by atoms with E-state index in [9.17, 15) is 8.78 Å². The molecule has 0 spiro atoms. The van der Waals surface area contributed by atoms with Gasteiger partial charge in [-0.15, -0.1) is 0 Å². The maximum atomic E-state index is 12.7. The van der Waals surface area contributed by atoms with Gasteiger partial charge in [-0.05, 0) is 33.2 Å². The topological polar surface area (TPSA) is 26.0 Å². The highest BCUT2D eigenvalue weighted by Gasteiger charge is 2.18. The zero-order valence-corrected chi connectivity index (χ0v) is 10.9. The van der Waals surface area contributed by atoms with Crippen LogP contribution in [0.3, 0.4) is 0 Å². The summed E-state index contributed by atoms with van der Waals surface area (Å²) in [5.74, 6) is 0. The Balaban J connectivity index is 2.33. The van der Waals surface area contributed by atoms with Crippen LogP contribution in [-0.2, 0) is 0 Å². The molecule has 0 saturated carbocycles. The number of hydrogen-bond acceptors (Lipinski definition) is 1. The van der Waals surface area contributed by atoms with Crippen LogP contribution in [0, 0.1) is 0 Å². The second-order valence-corrected chi connectivity index (χ2v) is 4.97. The Kier molecular flexibility index (Phi) is 3.36. The van der Waals surface area contributed by atoms with Crippen LogP contribution in [0.25, 0.3) is 21.5 Å². The lowest BCUT2D eigenvalue weighted by atomic mass is 9.91. The van der Waals surface area contributed by atoms with Crippen molar-refractivity contribution in [3.63, 3.8) is 0 Å².